The van der Waals surface area contributed by atoms with E-state index in [0.717, 1.165) is 0 Å². The number of methoxy groups -OCH3 is 1. The normalized spacial score (nSPS) is 15.7. The summed E-state index contributed by atoms with van der Waals surface area (Å²) in [5.41, 5.74) is 0.941. The zero-order valence-corrected chi connectivity index (χ0v) is 9.12. The molecule has 0 unspecified atom stereocenters. The second-order valence-electron chi connectivity index (χ2n) is 3.75. The number of carbonyl (C=O) groups is 1. The van der Waals surface area contributed by atoms with Crippen molar-refractivity contribution in [3.63, 3.8) is 0 Å². The summed E-state index contributed by atoms with van der Waals surface area (Å²) in [4.78, 5) is 15.4. The third kappa shape index (κ3) is 1.78. The second-order valence-corrected chi connectivity index (χ2v) is 3.75. The fourth-order valence-electron chi connectivity index (χ4n) is 1.58. The molecule has 0 radical (unpaired) electrons. The van der Waals surface area contributed by atoms with E-state index in [1.165, 1.54) is 13.2 Å². The van der Waals surface area contributed by atoms with Crippen molar-refractivity contribution in [3.05, 3.63) is 28.8 Å². The standard InChI is InChI=1S/C11H12FNO3/c1-6-3-8(12)10(7-4-16-5-7)13-9(6)11(14)15-2/h3,7H,4-5H2,1-2H3. The Labute approximate surface area is 92.4 Å². The van der Waals surface area contributed by atoms with Gasteiger partial charge >= 0.3 is 5.97 Å². The zero-order chi connectivity index (χ0) is 11.7. The molecule has 1 aliphatic heterocycles. The molecule has 5 heteroatoms. The lowest BCUT2D eigenvalue weighted by atomic mass is 10.0. The summed E-state index contributed by atoms with van der Waals surface area (Å²) in [6.45, 7) is 2.53. The average molecular weight is 225 g/mol. The van der Waals surface area contributed by atoms with Crippen LogP contribution in [0.1, 0.15) is 27.7 Å². The van der Waals surface area contributed by atoms with Crippen LogP contribution in [0.2, 0.25) is 0 Å². The van der Waals surface area contributed by atoms with E-state index >= 15 is 0 Å². The Morgan fingerprint density at radius 2 is 2.31 bits per heavy atom. The molecule has 1 saturated heterocycles. The van der Waals surface area contributed by atoms with Crippen molar-refractivity contribution in [2.75, 3.05) is 20.3 Å². The first-order valence-electron chi connectivity index (χ1n) is 4.96. The summed E-state index contributed by atoms with van der Waals surface area (Å²) in [5.74, 6) is -0.985. The topological polar surface area (TPSA) is 48.4 Å². The third-order valence-electron chi connectivity index (χ3n) is 2.60. The van der Waals surface area contributed by atoms with Gasteiger partial charge in [-0.15, -0.1) is 0 Å². The quantitative estimate of drug-likeness (QED) is 0.714. The molecule has 0 spiro atoms. The number of carbonyl (C=O) groups excluding carboxylic acids is 1. The Morgan fingerprint density at radius 1 is 1.62 bits per heavy atom. The minimum Gasteiger partial charge on any atom is -0.464 e. The van der Waals surface area contributed by atoms with Crippen LogP contribution < -0.4 is 0 Å². The Morgan fingerprint density at radius 3 is 2.81 bits per heavy atom. The number of pyridine rings is 1. The Hall–Kier alpha value is -1.49. The minimum atomic E-state index is -0.543. The van der Waals surface area contributed by atoms with Gasteiger partial charge in [-0.2, -0.15) is 0 Å². The molecule has 1 aromatic heterocycles. The van der Waals surface area contributed by atoms with Gasteiger partial charge in [-0.25, -0.2) is 14.2 Å². The lowest BCUT2D eigenvalue weighted by Gasteiger charge is -2.26. The van der Waals surface area contributed by atoms with Gasteiger partial charge in [0.05, 0.1) is 31.9 Å². The van der Waals surface area contributed by atoms with Gasteiger partial charge in [-0.1, -0.05) is 0 Å². The van der Waals surface area contributed by atoms with Crippen molar-refractivity contribution in [1.29, 1.82) is 0 Å². The number of halogens is 1. The number of hydrogen-bond donors (Lipinski definition) is 0. The fraction of sp³-hybridized carbons (Fsp3) is 0.455. The maximum absolute atomic E-state index is 13.6. The van der Waals surface area contributed by atoms with Crippen LogP contribution in [0, 0.1) is 12.7 Å². The smallest absolute Gasteiger partial charge is 0.356 e. The first-order valence-corrected chi connectivity index (χ1v) is 4.96. The van der Waals surface area contributed by atoms with Crippen LogP contribution >= 0.6 is 0 Å². The largest absolute Gasteiger partial charge is 0.464 e. The van der Waals surface area contributed by atoms with Gasteiger partial charge in [0, 0.05) is 0 Å². The van der Waals surface area contributed by atoms with E-state index in [9.17, 15) is 9.18 Å². The summed E-state index contributed by atoms with van der Waals surface area (Å²) >= 11 is 0. The van der Waals surface area contributed by atoms with Crippen LogP contribution in [0.4, 0.5) is 4.39 Å². The number of nitrogens with zero attached hydrogens (tertiary/aromatic N) is 1. The summed E-state index contributed by atoms with van der Waals surface area (Å²) in [7, 11) is 1.28. The summed E-state index contributed by atoms with van der Waals surface area (Å²) < 4.78 is 23.2. The third-order valence-corrected chi connectivity index (χ3v) is 2.60. The Balaban J connectivity index is 2.41. The maximum atomic E-state index is 13.6. The number of esters is 1. The lowest BCUT2D eigenvalue weighted by molar-refractivity contribution is 0.00500. The van der Waals surface area contributed by atoms with Crippen LogP contribution in [-0.4, -0.2) is 31.3 Å². The highest BCUT2D eigenvalue weighted by molar-refractivity contribution is 5.88. The minimum absolute atomic E-state index is 0.0518. The Bertz CT molecular complexity index is 429. The van der Waals surface area contributed by atoms with E-state index in [1.54, 1.807) is 6.92 Å². The number of hydrogen-bond acceptors (Lipinski definition) is 4. The van der Waals surface area contributed by atoms with Crippen LogP contribution in [0.15, 0.2) is 6.07 Å². The molecule has 0 saturated carbocycles. The van der Waals surface area contributed by atoms with E-state index in [-0.39, 0.29) is 17.3 Å². The number of rotatable bonds is 2. The summed E-state index contributed by atoms with van der Waals surface area (Å²) in [6, 6.07) is 1.31. The molecule has 1 aliphatic rings. The highest BCUT2D eigenvalue weighted by Gasteiger charge is 2.27. The predicted molar refractivity (Wildman–Crippen MR) is 53.8 cm³/mol. The van der Waals surface area contributed by atoms with Gasteiger partial charge < -0.3 is 9.47 Å². The van der Waals surface area contributed by atoms with Gasteiger partial charge in [0.2, 0.25) is 0 Å². The number of ether oxygens (including phenoxy) is 2. The zero-order valence-electron chi connectivity index (χ0n) is 9.12. The molecular formula is C11H12FNO3. The van der Waals surface area contributed by atoms with Gasteiger partial charge in [-0.3, -0.25) is 0 Å². The van der Waals surface area contributed by atoms with Gasteiger partial charge in [-0.05, 0) is 18.6 Å². The predicted octanol–water partition coefficient (Wildman–Crippen LogP) is 1.43. The van der Waals surface area contributed by atoms with Gasteiger partial charge in [0.25, 0.3) is 0 Å². The molecule has 2 heterocycles. The Kier molecular flexibility index (Phi) is 2.87. The van der Waals surface area contributed by atoms with Crippen LogP contribution in [-0.2, 0) is 9.47 Å². The molecule has 1 fully saturated rings. The molecular weight excluding hydrogens is 213 g/mol. The number of aromatic nitrogens is 1. The molecule has 0 amide bonds. The van der Waals surface area contributed by atoms with E-state index < -0.39 is 11.8 Å². The van der Waals surface area contributed by atoms with Crippen LogP contribution in [0.5, 0.6) is 0 Å². The second kappa shape index (κ2) is 4.17. The van der Waals surface area contributed by atoms with Crippen molar-refractivity contribution in [3.8, 4) is 0 Å². The molecule has 0 N–H and O–H groups in total. The van der Waals surface area contributed by atoms with Crippen molar-refractivity contribution < 1.29 is 18.7 Å². The molecule has 0 aliphatic carbocycles. The summed E-state index contributed by atoms with van der Waals surface area (Å²) in [6.07, 6.45) is 0. The van der Waals surface area contributed by atoms with Gasteiger partial charge in [0.15, 0.2) is 5.69 Å². The van der Waals surface area contributed by atoms with Gasteiger partial charge in [0.1, 0.15) is 5.82 Å². The molecule has 16 heavy (non-hydrogen) atoms. The van der Waals surface area contributed by atoms with Crippen molar-refractivity contribution in [1.82, 2.24) is 4.98 Å². The first-order chi connectivity index (χ1) is 7.63. The van der Waals surface area contributed by atoms with E-state index in [2.05, 4.69) is 9.72 Å². The lowest BCUT2D eigenvalue weighted by Crippen LogP contribution is -2.28. The SMILES string of the molecule is COC(=O)c1nc(C2COC2)c(F)cc1C. The average Bonchev–Trinajstić information content (AvgIpc) is 2.18. The van der Waals surface area contributed by atoms with Crippen LogP contribution in [0.25, 0.3) is 0 Å². The molecule has 4 nitrogen and oxygen atoms in total. The van der Waals surface area contributed by atoms with Crippen molar-refractivity contribution in [2.24, 2.45) is 0 Å². The number of aryl methyl sites for hydroxylation is 1. The highest BCUT2D eigenvalue weighted by atomic mass is 19.1. The molecule has 86 valence electrons. The van der Waals surface area contributed by atoms with Crippen molar-refractivity contribution in [2.45, 2.75) is 12.8 Å². The highest BCUT2D eigenvalue weighted by Crippen LogP contribution is 2.26. The van der Waals surface area contributed by atoms with E-state index in [1.807, 2.05) is 0 Å². The molecule has 0 bridgehead atoms. The summed E-state index contributed by atoms with van der Waals surface area (Å²) in [5, 5.41) is 0. The monoisotopic (exact) mass is 225 g/mol. The molecule has 0 atom stereocenters. The van der Waals surface area contributed by atoms with E-state index in [4.69, 9.17) is 4.74 Å². The fourth-order valence-corrected chi connectivity index (χ4v) is 1.58. The van der Waals surface area contributed by atoms with Crippen molar-refractivity contribution >= 4 is 5.97 Å². The molecule has 1 aromatic rings. The first kappa shape index (κ1) is 11.0. The van der Waals surface area contributed by atoms with Crippen LogP contribution in [0.3, 0.4) is 0 Å². The maximum Gasteiger partial charge on any atom is 0.356 e. The molecule has 0 aromatic carbocycles. The molecule has 2 rings (SSSR count). The van der Waals surface area contributed by atoms with E-state index in [0.29, 0.717) is 18.8 Å².